The number of ketones is 2. The molecular weight excluding hydrogens is 422 g/mol. The molecule has 1 aromatic carbocycles. The van der Waals surface area contributed by atoms with Crippen LogP contribution in [0.2, 0.25) is 5.02 Å². The number of allylic oxidation sites excluding steroid dienone is 1. The van der Waals surface area contributed by atoms with Crippen molar-refractivity contribution in [2.45, 2.75) is 31.9 Å². The third-order valence-electron chi connectivity index (χ3n) is 5.81. The Bertz CT molecular complexity index is 1050. The van der Waals surface area contributed by atoms with E-state index in [0.717, 1.165) is 18.7 Å². The Kier molecular flexibility index (Phi) is 5.66. The van der Waals surface area contributed by atoms with Gasteiger partial charge < -0.3 is 24.1 Å². The number of Topliss-reactive ketones (excluding diaryl/α,β-unsaturated/α-hetero) is 1. The molecule has 2 aromatic rings. The summed E-state index contributed by atoms with van der Waals surface area (Å²) in [6.07, 6.45) is 8.25. The van der Waals surface area contributed by atoms with E-state index in [1.54, 1.807) is 12.5 Å². The van der Waals surface area contributed by atoms with Gasteiger partial charge in [-0.05, 0) is 12.8 Å². The molecule has 1 aliphatic heterocycles. The fourth-order valence-electron chi connectivity index (χ4n) is 4.18. The van der Waals surface area contributed by atoms with Crippen LogP contribution < -0.4 is 19.5 Å². The maximum atomic E-state index is 13.4. The Morgan fingerprint density at radius 1 is 1.32 bits per heavy atom. The molecule has 31 heavy (non-hydrogen) atoms. The van der Waals surface area contributed by atoms with E-state index in [2.05, 4.69) is 10.3 Å². The van der Waals surface area contributed by atoms with Crippen molar-refractivity contribution >= 4 is 23.2 Å². The van der Waals surface area contributed by atoms with Crippen LogP contribution in [0, 0.1) is 5.92 Å². The SMILES string of the molecule is COc1cc(OC)c2c(c1Cl)O[C@@]1(C(=O)C=C(NCCCn3ccnc3)C[C@H]1C)C2=O. The van der Waals surface area contributed by atoms with E-state index in [1.807, 2.05) is 17.7 Å². The lowest BCUT2D eigenvalue weighted by Gasteiger charge is -2.35. The number of benzene rings is 1. The van der Waals surface area contributed by atoms with Crippen molar-refractivity contribution in [1.82, 2.24) is 14.9 Å². The van der Waals surface area contributed by atoms with Gasteiger partial charge in [0.15, 0.2) is 5.75 Å². The first-order chi connectivity index (χ1) is 14.9. The molecule has 0 amide bonds. The van der Waals surface area contributed by atoms with Gasteiger partial charge in [-0.15, -0.1) is 0 Å². The topological polar surface area (TPSA) is 91.7 Å². The largest absolute Gasteiger partial charge is 0.496 e. The number of aryl methyl sites for hydroxylation is 1. The highest BCUT2D eigenvalue weighted by Crippen LogP contribution is 2.52. The van der Waals surface area contributed by atoms with Crippen molar-refractivity contribution in [2.75, 3.05) is 20.8 Å². The predicted octanol–water partition coefficient (Wildman–Crippen LogP) is 3.04. The minimum Gasteiger partial charge on any atom is -0.496 e. The second-order valence-electron chi connectivity index (χ2n) is 7.69. The minimum absolute atomic E-state index is 0.133. The third-order valence-corrected chi connectivity index (χ3v) is 6.17. The van der Waals surface area contributed by atoms with E-state index in [9.17, 15) is 9.59 Å². The van der Waals surface area contributed by atoms with E-state index in [1.165, 1.54) is 26.4 Å². The first-order valence-corrected chi connectivity index (χ1v) is 10.4. The standard InChI is InChI=1S/C22H24ClN3O5/c1-13-9-14(25-5-4-7-26-8-6-24-12-26)10-17(27)22(13)21(28)18-15(29-2)11-16(30-3)19(23)20(18)31-22/h6,8,10-13,25H,4-5,7,9H2,1-3H3/t13-,22+/m1/s1. The summed E-state index contributed by atoms with van der Waals surface area (Å²) < 4.78 is 18.7. The molecule has 0 bridgehead atoms. The summed E-state index contributed by atoms with van der Waals surface area (Å²) in [5, 5.41) is 3.46. The molecule has 0 fully saturated rings. The summed E-state index contributed by atoms with van der Waals surface area (Å²) in [6, 6.07) is 1.53. The highest BCUT2D eigenvalue weighted by Gasteiger charge is 2.60. The second-order valence-corrected chi connectivity index (χ2v) is 8.06. The summed E-state index contributed by atoms with van der Waals surface area (Å²) in [5.74, 6) is -0.515. The zero-order chi connectivity index (χ0) is 22.2. The van der Waals surface area contributed by atoms with Crippen LogP contribution in [0.1, 0.15) is 30.1 Å². The monoisotopic (exact) mass is 445 g/mol. The maximum absolute atomic E-state index is 13.4. The minimum atomic E-state index is -1.65. The fourth-order valence-corrected chi connectivity index (χ4v) is 4.45. The normalized spacial score (nSPS) is 22.2. The van der Waals surface area contributed by atoms with E-state index in [-0.39, 0.29) is 22.1 Å². The molecule has 1 aromatic heterocycles. The zero-order valence-corrected chi connectivity index (χ0v) is 18.4. The molecule has 1 aliphatic carbocycles. The number of fused-ring (bicyclic) bond motifs is 1. The Morgan fingerprint density at radius 2 is 2.10 bits per heavy atom. The molecule has 1 N–H and O–H groups in total. The molecule has 4 rings (SSSR count). The van der Waals surface area contributed by atoms with Gasteiger partial charge in [-0.2, -0.15) is 0 Å². The molecule has 0 saturated carbocycles. The molecule has 164 valence electrons. The van der Waals surface area contributed by atoms with Gasteiger partial charge in [0.05, 0.1) is 20.5 Å². The van der Waals surface area contributed by atoms with Crippen LogP contribution in [0.5, 0.6) is 17.2 Å². The van der Waals surface area contributed by atoms with Gasteiger partial charge in [0, 0.05) is 49.2 Å². The first kappa shape index (κ1) is 21.2. The number of aromatic nitrogens is 2. The van der Waals surface area contributed by atoms with E-state index >= 15 is 0 Å². The number of hydrogen-bond donors (Lipinski definition) is 1. The molecule has 2 heterocycles. The number of rotatable bonds is 7. The second kappa shape index (κ2) is 8.26. The van der Waals surface area contributed by atoms with Crippen molar-refractivity contribution in [1.29, 1.82) is 0 Å². The molecule has 2 atom stereocenters. The average Bonchev–Trinajstić information content (AvgIpc) is 3.38. The molecular formula is C22H24ClN3O5. The predicted molar refractivity (Wildman–Crippen MR) is 114 cm³/mol. The van der Waals surface area contributed by atoms with Crippen molar-refractivity contribution < 1.29 is 23.8 Å². The van der Waals surface area contributed by atoms with E-state index in [4.69, 9.17) is 25.8 Å². The summed E-state index contributed by atoms with van der Waals surface area (Å²) >= 11 is 6.40. The van der Waals surface area contributed by atoms with Crippen LogP contribution in [-0.4, -0.2) is 47.5 Å². The van der Waals surface area contributed by atoms with Gasteiger partial charge in [0.2, 0.25) is 17.2 Å². The van der Waals surface area contributed by atoms with Crippen molar-refractivity contribution in [3.8, 4) is 17.2 Å². The molecule has 0 unspecified atom stereocenters. The van der Waals surface area contributed by atoms with Gasteiger partial charge in [-0.25, -0.2) is 4.98 Å². The smallest absolute Gasteiger partial charge is 0.236 e. The number of imidazole rings is 1. The Balaban J connectivity index is 1.55. The Hall–Kier alpha value is -3.00. The highest BCUT2D eigenvalue weighted by molar-refractivity contribution is 6.36. The van der Waals surface area contributed by atoms with Gasteiger partial charge >= 0.3 is 0 Å². The summed E-state index contributed by atoms with van der Waals surface area (Å²) in [5.41, 5.74) is -0.677. The number of carbonyl (C=O) groups excluding carboxylic acids is 2. The number of nitrogens with zero attached hydrogens (tertiary/aromatic N) is 2. The molecule has 1 spiro atoms. The number of methoxy groups -OCH3 is 2. The molecule has 8 nitrogen and oxygen atoms in total. The van der Waals surface area contributed by atoms with Gasteiger partial charge in [-0.1, -0.05) is 18.5 Å². The van der Waals surface area contributed by atoms with E-state index in [0.29, 0.717) is 18.7 Å². The van der Waals surface area contributed by atoms with Crippen LogP contribution in [0.4, 0.5) is 0 Å². The molecule has 0 saturated heterocycles. The lowest BCUT2D eigenvalue weighted by molar-refractivity contribution is -0.129. The van der Waals surface area contributed by atoms with Gasteiger partial charge in [-0.3, -0.25) is 9.59 Å². The zero-order valence-electron chi connectivity index (χ0n) is 17.6. The third kappa shape index (κ3) is 3.44. The quantitative estimate of drug-likeness (QED) is 0.517. The summed E-state index contributed by atoms with van der Waals surface area (Å²) in [7, 11) is 2.90. The lowest BCUT2D eigenvalue weighted by Crippen LogP contribution is -2.55. The molecule has 0 radical (unpaired) electrons. The number of hydrogen-bond acceptors (Lipinski definition) is 7. The first-order valence-electron chi connectivity index (χ1n) is 10.0. The number of nitrogens with one attached hydrogen (secondary N) is 1. The number of carbonyl (C=O) groups is 2. The van der Waals surface area contributed by atoms with Crippen molar-refractivity contribution in [3.63, 3.8) is 0 Å². The summed E-state index contributed by atoms with van der Waals surface area (Å²) in [4.78, 5) is 30.7. The Morgan fingerprint density at radius 3 is 2.74 bits per heavy atom. The van der Waals surface area contributed by atoms with Crippen LogP contribution in [-0.2, 0) is 11.3 Å². The fraction of sp³-hybridized carbons (Fsp3) is 0.409. The van der Waals surface area contributed by atoms with Crippen molar-refractivity contribution in [3.05, 3.63) is 47.1 Å². The highest BCUT2D eigenvalue weighted by atomic mass is 35.5. The van der Waals surface area contributed by atoms with E-state index < -0.39 is 23.1 Å². The van der Waals surface area contributed by atoms with Crippen LogP contribution in [0.15, 0.2) is 36.6 Å². The van der Waals surface area contributed by atoms with Gasteiger partial charge in [0.1, 0.15) is 22.1 Å². The molecule has 2 aliphatic rings. The molecule has 9 heteroatoms. The Labute approximate surface area is 185 Å². The van der Waals surface area contributed by atoms with Crippen LogP contribution >= 0.6 is 11.6 Å². The number of halogens is 1. The number of ether oxygens (including phenoxy) is 3. The van der Waals surface area contributed by atoms with Crippen LogP contribution in [0.3, 0.4) is 0 Å². The summed E-state index contributed by atoms with van der Waals surface area (Å²) in [6.45, 7) is 3.35. The van der Waals surface area contributed by atoms with Crippen LogP contribution in [0.25, 0.3) is 0 Å². The maximum Gasteiger partial charge on any atom is 0.236 e. The van der Waals surface area contributed by atoms with Gasteiger partial charge in [0.25, 0.3) is 0 Å². The van der Waals surface area contributed by atoms with Crippen molar-refractivity contribution in [2.24, 2.45) is 5.92 Å². The average molecular weight is 446 g/mol. The lowest BCUT2D eigenvalue weighted by atomic mass is 9.74.